The molecule has 2 heterocycles. The summed E-state index contributed by atoms with van der Waals surface area (Å²) < 4.78 is 29.1. The van der Waals surface area contributed by atoms with Crippen molar-refractivity contribution in [1.82, 2.24) is 10.2 Å². The molecule has 0 atom stereocenters. The number of nitrogens with zero attached hydrogens (tertiary/aromatic N) is 2. The largest absolute Gasteiger partial charge is 0.454 e. The summed E-state index contributed by atoms with van der Waals surface area (Å²) in [7, 11) is 0. The molecule has 1 aliphatic heterocycles. The Kier molecular flexibility index (Phi) is 4.06. The van der Waals surface area contributed by atoms with Gasteiger partial charge in [0.15, 0.2) is 11.5 Å². The Morgan fingerprint density at radius 3 is 2.88 bits per heavy atom. The highest BCUT2D eigenvalue weighted by atomic mass is 19.1. The summed E-state index contributed by atoms with van der Waals surface area (Å²) in [5, 5.41) is 9.96. The van der Waals surface area contributed by atoms with E-state index in [1.807, 2.05) is 0 Å². The molecule has 4 rings (SSSR count). The van der Waals surface area contributed by atoms with E-state index in [0.717, 1.165) is 5.56 Å². The molecule has 3 aromatic rings. The number of amides is 1. The molecule has 0 unspecified atom stereocenters. The molecule has 0 bridgehead atoms. The van der Waals surface area contributed by atoms with Crippen molar-refractivity contribution in [2.24, 2.45) is 0 Å². The Labute approximate surface area is 147 Å². The first-order chi connectivity index (χ1) is 12.7. The van der Waals surface area contributed by atoms with Crippen molar-refractivity contribution < 1.29 is 23.1 Å². The van der Waals surface area contributed by atoms with Gasteiger partial charge in [0.1, 0.15) is 5.82 Å². The number of ether oxygens (including phenoxy) is 2. The molecule has 0 saturated heterocycles. The lowest BCUT2D eigenvalue weighted by Crippen LogP contribution is -2.07. The summed E-state index contributed by atoms with van der Waals surface area (Å²) in [6.07, 6.45) is 2.94. The number of anilines is 1. The van der Waals surface area contributed by atoms with Gasteiger partial charge in [0.05, 0.1) is 0 Å². The molecule has 26 heavy (non-hydrogen) atoms. The van der Waals surface area contributed by atoms with Gasteiger partial charge >= 0.3 is 6.01 Å². The average Bonchev–Trinajstić information content (AvgIpc) is 3.28. The van der Waals surface area contributed by atoms with Crippen LogP contribution >= 0.6 is 0 Å². The van der Waals surface area contributed by atoms with Crippen LogP contribution in [0.3, 0.4) is 0 Å². The van der Waals surface area contributed by atoms with Crippen molar-refractivity contribution in [3.05, 3.63) is 59.9 Å². The quantitative estimate of drug-likeness (QED) is 0.725. The molecular formula is C18H12FN3O4. The SMILES string of the molecule is O=C(/C=C/c1ccc2c(c1)OCO2)Nc1nnc(-c2cccc(F)c2)o1. The van der Waals surface area contributed by atoms with Crippen LogP contribution < -0.4 is 14.8 Å². The van der Waals surface area contributed by atoms with Crippen LogP contribution in [0, 0.1) is 5.82 Å². The number of carbonyl (C=O) groups excluding carboxylic acids is 1. The molecule has 1 aromatic heterocycles. The van der Waals surface area contributed by atoms with Crippen molar-refractivity contribution in [1.29, 1.82) is 0 Å². The predicted octanol–water partition coefficient (Wildman–Crippen LogP) is 3.26. The van der Waals surface area contributed by atoms with Crippen LogP contribution in [0.25, 0.3) is 17.5 Å². The van der Waals surface area contributed by atoms with Crippen molar-refractivity contribution in [3.8, 4) is 23.0 Å². The van der Waals surface area contributed by atoms with E-state index in [1.165, 1.54) is 24.3 Å². The molecule has 1 N–H and O–H groups in total. The van der Waals surface area contributed by atoms with E-state index in [-0.39, 0.29) is 18.7 Å². The zero-order valence-electron chi connectivity index (χ0n) is 13.3. The summed E-state index contributed by atoms with van der Waals surface area (Å²) in [6, 6.07) is 11.0. The summed E-state index contributed by atoms with van der Waals surface area (Å²) >= 11 is 0. The maximum absolute atomic E-state index is 13.2. The monoisotopic (exact) mass is 353 g/mol. The minimum absolute atomic E-state index is 0.0791. The van der Waals surface area contributed by atoms with Crippen LogP contribution in [-0.2, 0) is 4.79 Å². The molecule has 0 radical (unpaired) electrons. The average molecular weight is 353 g/mol. The molecule has 0 spiro atoms. The highest BCUT2D eigenvalue weighted by Gasteiger charge is 2.13. The van der Waals surface area contributed by atoms with E-state index in [4.69, 9.17) is 13.9 Å². The molecule has 1 amide bonds. The minimum Gasteiger partial charge on any atom is -0.454 e. The molecule has 0 aliphatic carbocycles. The van der Waals surface area contributed by atoms with Crippen LogP contribution in [0.1, 0.15) is 5.56 Å². The van der Waals surface area contributed by atoms with Crippen molar-refractivity contribution >= 4 is 18.0 Å². The molecule has 8 heteroatoms. The summed E-state index contributed by atoms with van der Waals surface area (Å²) in [6.45, 7) is 0.188. The Morgan fingerprint density at radius 1 is 1.12 bits per heavy atom. The third kappa shape index (κ3) is 3.39. The van der Waals surface area contributed by atoms with Crippen LogP contribution in [0.2, 0.25) is 0 Å². The van der Waals surface area contributed by atoms with Crippen LogP contribution in [0.4, 0.5) is 10.4 Å². The molecular weight excluding hydrogens is 341 g/mol. The van der Waals surface area contributed by atoms with Gasteiger partial charge in [-0.25, -0.2) is 4.39 Å². The molecule has 1 aliphatic rings. The number of rotatable bonds is 4. The molecule has 7 nitrogen and oxygen atoms in total. The first-order valence-corrected chi connectivity index (χ1v) is 7.65. The van der Waals surface area contributed by atoms with Gasteiger partial charge in [-0.2, -0.15) is 0 Å². The van der Waals surface area contributed by atoms with Gasteiger partial charge in [0, 0.05) is 11.6 Å². The van der Waals surface area contributed by atoms with Gasteiger partial charge in [-0.05, 0) is 42.0 Å². The zero-order chi connectivity index (χ0) is 17.9. The zero-order valence-corrected chi connectivity index (χ0v) is 13.3. The van der Waals surface area contributed by atoms with E-state index in [0.29, 0.717) is 17.1 Å². The summed E-state index contributed by atoms with van der Waals surface area (Å²) in [5.74, 6) is 0.543. The maximum atomic E-state index is 13.2. The van der Waals surface area contributed by atoms with E-state index < -0.39 is 11.7 Å². The van der Waals surface area contributed by atoms with Crippen LogP contribution in [0.5, 0.6) is 11.5 Å². The standard InChI is InChI=1S/C18H12FN3O4/c19-13-3-1-2-12(9-13)17-21-22-18(26-17)20-16(23)7-5-11-4-6-14-15(8-11)25-10-24-14/h1-9H,10H2,(H,20,22,23)/b7-5+. The Hall–Kier alpha value is -3.68. The molecule has 2 aromatic carbocycles. The van der Waals surface area contributed by atoms with Gasteiger partial charge in [-0.1, -0.05) is 17.2 Å². The van der Waals surface area contributed by atoms with Gasteiger partial charge in [-0.3, -0.25) is 10.1 Å². The summed E-state index contributed by atoms with van der Waals surface area (Å²) in [4.78, 5) is 12.0. The number of benzene rings is 2. The minimum atomic E-state index is -0.447. The van der Waals surface area contributed by atoms with E-state index in [1.54, 1.807) is 30.3 Å². The second-order valence-corrected chi connectivity index (χ2v) is 5.36. The fourth-order valence-corrected chi connectivity index (χ4v) is 2.35. The Bertz CT molecular complexity index is 1000. The van der Waals surface area contributed by atoms with E-state index in [9.17, 15) is 9.18 Å². The summed E-state index contributed by atoms with van der Waals surface area (Å²) in [5.41, 5.74) is 1.20. The van der Waals surface area contributed by atoms with E-state index in [2.05, 4.69) is 15.5 Å². The number of hydrogen-bond donors (Lipinski definition) is 1. The normalized spacial score (nSPS) is 12.5. The van der Waals surface area contributed by atoms with Gasteiger partial charge < -0.3 is 13.9 Å². The Balaban J connectivity index is 1.42. The smallest absolute Gasteiger partial charge is 0.322 e. The van der Waals surface area contributed by atoms with Crippen molar-refractivity contribution in [2.45, 2.75) is 0 Å². The highest BCUT2D eigenvalue weighted by Crippen LogP contribution is 2.32. The second-order valence-electron chi connectivity index (χ2n) is 5.36. The maximum Gasteiger partial charge on any atom is 0.322 e. The Morgan fingerprint density at radius 2 is 2.00 bits per heavy atom. The number of hydrogen-bond acceptors (Lipinski definition) is 6. The highest BCUT2D eigenvalue weighted by molar-refractivity contribution is 6.00. The number of nitrogens with one attached hydrogen (secondary N) is 1. The first kappa shape index (κ1) is 15.8. The van der Waals surface area contributed by atoms with Gasteiger partial charge in [-0.15, -0.1) is 5.10 Å². The number of halogens is 1. The number of carbonyl (C=O) groups is 1. The molecule has 0 fully saturated rings. The lowest BCUT2D eigenvalue weighted by atomic mass is 10.2. The third-order valence-electron chi connectivity index (χ3n) is 3.55. The van der Waals surface area contributed by atoms with E-state index >= 15 is 0 Å². The number of aromatic nitrogens is 2. The van der Waals surface area contributed by atoms with Gasteiger partial charge in [0.2, 0.25) is 12.7 Å². The van der Waals surface area contributed by atoms with Crippen molar-refractivity contribution in [2.75, 3.05) is 12.1 Å². The van der Waals surface area contributed by atoms with Crippen LogP contribution in [-0.4, -0.2) is 22.9 Å². The molecule has 0 saturated carbocycles. The second kappa shape index (κ2) is 6.67. The van der Waals surface area contributed by atoms with Crippen LogP contribution in [0.15, 0.2) is 53.0 Å². The van der Waals surface area contributed by atoms with Gasteiger partial charge in [0.25, 0.3) is 5.91 Å². The predicted molar refractivity (Wildman–Crippen MR) is 89.9 cm³/mol. The first-order valence-electron chi connectivity index (χ1n) is 7.65. The number of fused-ring (bicyclic) bond motifs is 1. The topological polar surface area (TPSA) is 86.5 Å². The van der Waals surface area contributed by atoms with Crippen molar-refractivity contribution in [3.63, 3.8) is 0 Å². The third-order valence-corrected chi connectivity index (χ3v) is 3.55. The lowest BCUT2D eigenvalue weighted by molar-refractivity contribution is -0.112. The fourth-order valence-electron chi connectivity index (χ4n) is 2.35. The fraction of sp³-hybridized carbons (Fsp3) is 0.0556. The lowest BCUT2D eigenvalue weighted by Gasteiger charge is -1.98. The molecule has 130 valence electrons.